The van der Waals surface area contributed by atoms with Crippen LogP contribution in [0.5, 0.6) is 0 Å². The largest absolute Gasteiger partial charge is 0.472 e. The molecule has 10 heteroatoms. The van der Waals surface area contributed by atoms with Gasteiger partial charge in [0.1, 0.15) is 6.61 Å². The highest BCUT2D eigenvalue weighted by molar-refractivity contribution is 7.47. The third-order valence-electron chi connectivity index (χ3n) is 18.9. The fourth-order valence-corrected chi connectivity index (χ4v) is 13.6. The molecular weight excluding hydrogens is 1130 g/mol. The van der Waals surface area contributed by atoms with Crippen LogP contribution >= 0.6 is 7.82 Å². The van der Waals surface area contributed by atoms with E-state index in [0.29, 0.717) is 6.42 Å². The predicted molar refractivity (Wildman–Crippen MR) is 391 cm³/mol. The molecule has 0 aliphatic heterocycles. The Morgan fingerprint density at radius 2 is 0.544 bits per heavy atom. The smallest absolute Gasteiger partial charge is 0.462 e. The van der Waals surface area contributed by atoms with Gasteiger partial charge in [-0.15, -0.1) is 0 Å². The lowest BCUT2D eigenvalue weighted by Gasteiger charge is -2.19. The Morgan fingerprint density at radius 3 is 0.789 bits per heavy atom. The maximum atomic E-state index is 12.8. The van der Waals surface area contributed by atoms with Crippen molar-refractivity contribution in [1.29, 1.82) is 0 Å². The van der Waals surface area contributed by atoms with Crippen molar-refractivity contribution in [3.8, 4) is 0 Å². The summed E-state index contributed by atoms with van der Waals surface area (Å²) in [5.74, 6) is -0.795. The Bertz CT molecular complexity index is 1480. The van der Waals surface area contributed by atoms with E-state index in [2.05, 4.69) is 26.0 Å². The zero-order valence-corrected chi connectivity index (χ0v) is 61.6. The summed E-state index contributed by atoms with van der Waals surface area (Å²) in [5.41, 5.74) is 5.42. The number of unbranched alkanes of at least 4 members (excludes halogenated alkanes) is 64. The molecule has 90 heavy (non-hydrogen) atoms. The van der Waals surface area contributed by atoms with E-state index in [9.17, 15) is 19.0 Å². The lowest BCUT2D eigenvalue weighted by Crippen LogP contribution is -2.29. The molecule has 0 saturated heterocycles. The van der Waals surface area contributed by atoms with Crippen molar-refractivity contribution in [3.63, 3.8) is 0 Å². The van der Waals surface area contributed by atoms with Gasteiger partial charge in [0.2, 0.25) is 0 Å². The Morgan fingerprint density at radius 1 is 0.322 bits per heavy atom. The molecule has 0 aromatic rings. The van der Waals surface area contributed by atoms with Crippen LogP contribution in [-0.2, 0) is 32.7 Å². The number of phosphoric ester groups is 1. The number of hydrogen-bond acceptors (Lipinski definition) is 8. The van der Waals surface area contributed by atoms with Crippen LogP contribution in [0.2, 0.25) is 0 Å². The Hall–Kier alpha value is -1.25. The fraction of sp³-hybridized carbons (Fsp3) is 0.950. The van der Waals surface area contributed by atoms with Gasteiger partial charge in [0, 0.05) is 19.4 Å². The molecule has 0 aromatic heterocycles. The van der Waals surface area contributed by atoms with Crippen molar-refractivity contribution in [2.75, 3.05) is 26.4 Å². The number of allylic oxidation sites excluding steroid dienone is 2. The predicted octanol–water partition coefficient (Wildman–Crippen LogP) is 27.0. The number of ether oxygens (including phenoxy) is 2. The lowest BCUT2D eigenvalue weighted by molar-refractivity contribution is -0.161. The van der Waals surface area contributed by atoms with E-state index in [0.717, 1.165) is 32.1 Å². The summed E-state index contributed by atoms with van der Waals surface area (Å²) in [7, 11) is -4.39. The molecule has 536 valence electrons. The van der Waals surface area contributed by atoms with Gasteiger partial charge in [0.15, 0.2) is 6.10 Å². The van der Waals surface area contributed by atoms with E-state index in [-0.39, 0.29) is 38.6 Å². The normalized spacial score (nSPS) is 12.8. The number of phosphoric acid groups is 1. The fourth-order valence-electron chi connectivity index (χ4n) is 12.9. The minimum Gasteiger partial charge on any atom is -0.462 e. The molecule has 2 atom stereocenters. The van der Waals surface area contributed by atoms with Crippen molar-refractivity contribution in [2.45, 2.75) is 463 Å². The van der Waals surface area contributed by atoms with E-state index in [1.54, 1.807) is 0 Å². The van der Waals surface area contributed by atoms with E-state index in [1.807, 2.05) is 0 Å². The first-order valence-electron chi connectivity index (χ1n) is 40.7. The number of hydrogen-bond donors (Lipinski definition) is 2. The number of nitrogens with two attached hydrogens (primary N) is 1. The van der Waals surface area contributed by atoms with E-state index < -0.39 is 26.5 Å². The number of carbonyl (C=O) groups excluding carboxylic acids is 2. The van der Waals surface area contributed by atoms with Crippen LogP contribution < -0.4 is 5.73 Å². The summed E-state index contributed by atoms with van der Waals surface area (Å²) < 4.78 is 33.3. The highest BCUT2D eigenvalue weighted by atomic mass is 31.2. The van der Waals surface area contributed by atoms with Gasteiger partial charge in [-0.05, 0) is 38.5 Å². The standard InChI is InChI=1S/C80H158NO8P/c1-3-5-7-9-11-13-15-17-19-21-23-25-27-29-31-33-35-36-37-38-39-40-41-42-43-45-47-49-51-53-55-57-59-61-63-65-67-69-71-73-80(83)89-78(77-88-90(84,85)87-75-74-81)76-86-79(82)72-70-68-66-64-62-60-58-56-54-52-50-48-46-44-34-32-30-28-26-24-22-20-18-16-14-12-10-8-6-4-2/h21,23,78H,3-20,22,24-77,81H2,1-2H3,(H,84,85)/b23-21-. The average Bonchev–Trinajstić information content (AvgIpc) is 3.75. The highest BCUT2D eigenvalue weighted by Gasteiger charge is 2.26. The summed E-state index contributed by atoms with van der Waals surface area (Å²) in [5, 5.41) is 0. The molecule has 9 nitrogen and oxygen atoms in total. The van der Waals surface area contributed by atoms with Crippen molar-refractivity contribution in [2.24, 2.45) is 5.73 Å². The van der Waals surface area contributed by atoms with Crippen LogP contribution in [0.3, 0.4) is 0 Å². The van der Waals surface area contributed by atoms with E-state index >= 15 is 0 Å². The lowest BCUT2D eigenvalue weighted by atomic mass is 10.0. The maximum Gasteiger partial charge on any atom is 0.472 e. The van der Waals surface area contributed by atoms with Gasteiger partial charge in [0.05, 0.1) is 13.2 Å². The van der Waals surface area contributed by atoms with Crippen molar-refractivity contribution < 1.29 is 37.6 Å². The molecule has 0 amide bonds. The number of esters is 2. The molecule has 0 aromatic carbocycles. The monoisotopic (exact) mass is 1290 g/mol. The zero-order chi connectivity index (χ0) is 65.1. The summed E-state index contributed by atoms with van der Waals surface area (Å²) in [6.07, 6.45) is 95.2. The van der Waals surface area contributed by atoms with Crippen LogP contribution in [0.1, 0.15) is 457 Å². The first-order chi connectivity index (χ1) is 44.3. The van der Waals surface area contributed by atoms with Gasteiger partial charge in [-0.2, -0.15) is 0 Å². The Kier molecular flexibility index (Phi) is 75.7. The second-order valence-corrected chi connectivity index (χ2v) is 29.5. The molecule has 3 N–H and O–H groups in total. The highest BCUT2D eigenvalue weighted by Crippen LogP contribution is 2.43. The van der Waals surface area contributed by atoms with Gasteiger partial charge in [-0.25, -0.2) is 4.57 Å². The summed E-state index contributed by atoms with van der Waals surface area (Å²) in [6.45, 7) is 3.85. The molecule has 0 radical (unpaired) electrons. The zero-order valence-electron chi connectivity index (χ0n) is 60.7. The molecule has 0 spiro atoms. The minimum atomic E-state index is -4.39. The Balaban J connectivity index is 3.72. The average molecular weight is 1290 g/mol. The molecule has 0 aliphatic rings. The van der Waals surface area contributed by atoms with Gasteiger partial charge in [0.25, 0.3) is 0 Å². The maximum absolute atomic E-state index is 12.8. The summed E-state index contributed by atoms with van der Waals surface area (Å²) >= 11 is 0. The Labute approximate surface area is 561 Å². The minimum absolute atomic E-state index is 0.0583. The van der Waals surface area contributed by atoms with Crippen molar-refractivity contribution >= 4 is 19.8 Å². The quantitative estimate of drug-likeness (QED) is 0.0264. The molecule has 0 aliphatic carbocycles. The number of rotatable bonds is 79. The van der Waals surface area contributed by atoms with Crippen LogP contribution in [0.4, 0.5) is 0 Å². The second-order valence-electron chi connectivity index (χ2n) is 28.0. The first-order valence-corrected chi connectivity index (χ1v) is 42.2. The van der Waals surface area contributed by atoms with Gasteiger partial charge >= 0.3 is 19.8 Å². The van der Waals surface area contributed by atoms with Gasteiger partial charge in [-0.3, -0.25) is 18.6 Å². The third-order valence-corrected chi connectivity index (χ3v) is 19.9. The first kappa shape index (κ1) is 88.8. The SMILES string of the molecule is CCCCCCCCCC/C=C\CCCCCCCCCCCCCCCCCCCCCCCCCCCCCC(=O)OC(COC(=O)CCCCCCCCCCCCCCCCCCCCCCCCCCCCCCCC)COP(=O)(O)OCCN. The van der Waals surface area contributed by atoms with E-state index in [4.69, 9.17) is 24.3 Å². The van der Waals surface area contributed by atoms with Gasteiger partial charge < -0.3 is 20.1 Å². The topological polar surface area (TPSA) is 134 Å². The number of carbonyl (C=O) groups is 2. The molecule has 0 bridgehead atoms. The van der Waals surface area contributed by atoms with Crippen molar-refractivity contribution in [1.82, 2.24) is 0 Å². The van der Waals surface area contributed by atoms with Crippen LogP contribution in [0.25, 0.3) is 0 Å². The van der Waals surface area contributed by atoms with Crippen LogP contribution in [0.15, 0.2) is 12.2 Å². The van der Waals surface area contributed by atoms with Gasteiger partial charge in [-0.1, -0.05) is 418 Å². The molecule has 0 saturated carbocycles. The molecular formula is C80H158NO8P. The summed E-state index contributed by atoms with van der Waals surface area (Å²) in [4.78, 5) is 35.5. The molecule has 2 unspecified atom stereocenters. The molecule has 0 rings (SSSR count). The molecule has 0 heterocycles. The van der Waals surface area contributed by atoms with Crippen LogP contribution in [-0.4, -0.2) is 49.3 Å². The van der Waals surface area contributed by atoms with Crippen molar-refractivity contribution in [3.05, 3.63) is 12.2 Å². The molecule has 0 fully saturated rings. The van der Waals surface area contributed by atoms with E-state index in [1.165, 1.54) is 392 Å². The second kappa shape index (κ2) is 76.8. The summed E-state index contributed by atoms with van der Waals surface area (Å²) in [6, 6.07) is 0. The third kappa shape index (κ3) is 75.8. The van der Waals surface area contributed by atoms with Crippen LogP contribution in [0, 0.1) is 0 Å².